The van der Waals surface area contributed by atoms with Gasteiger partial charge in [-0.2, -0.15) is 0 Å². The van der Waals surface area contributed by atoms with Crippen LogP contribution >= 0.6 is 0 Å². The highest BCUT2D eigenvalue weighted by atomic mass is 16.5. The van der Waals surface area contributed by atoms with Gasteiger partial charge < -0.3 is 15.4 Å². The summed E-state index contributed by atoms with van der Waals surface area (Å²) < 4.78 is 7.01. The maximum absolute atomic E-state index is 11.7. The third-order valence-electron chi connectivity index (χ3n) is 2.75. The molecule has 0 saturated carbocycles. The summed E-state index contributed by atoms with van der Waals surface area (Å²) >= 11 is 0. The number of amides is 1. The molecule has 1 aliphatic rings. The first-order valence-corrected chi connectivity index (χ1v) is 6.18. The Hall–Kier alpha value is -1.47. The second kappa shape index (κ2) is 6.46. The number of hydrogen-bond donors (Lipinski definition) is 2. The maximum atomic E-state index is 11.7. The van der Waals surface area contributed by atoms with Gasteiger partial charge in [-0.3, -0.25) is 9.48 Å². The van der Waals surface area contributed by atoms with E-state index in [1.165, 1.54) is 0 Å². The van der Waals surface area contributed by atoms with Crippen LogP contribution in [-0.2, 0) is 16.1 Å². The van der Waals surface area contributed by atoms with Gasteiger partial charge in [0.25, 0.3) is 0 Å². The average Bonchev–Trinajstić information content (AvgIpc) is 2.76. The van der Waals surface area contributed by atoms with Crippen molar-refractivity contribution in [3.63, 3.8) is 0 Å². The predicted molar refractivity (Wildman–Crippen MR) is 65.0 cm³/mol. The van der Waals surface area contributed by atoms with Crippen molar-refractivity contribution >= 4 is 5.91 Å². The summed E-state index contributed by atoms with van der Waals surface area (Å²) in [5, 5.41) is 13.9. The second-order valence-corrected chi connectivity index (χ2v) is 4.40. The van der Waals surface area contributed by atoms with E-state index in [0.717, 1.165) is 18.8 Å². The summed E-state index contributed by atoms with van der Waals surface area (Å²) in [4.78, 5) is 11.7. The topological polar surface area (TPSA) is 81.1 Å². The zero-order chi connectivity index (χ0) is 12.8. The molecule has 1 aliphatic heterocycles. The van der Waals surface area contributed by atoms with E-state index in [0.29, 0.717) is 26.1 Å². The second-order valence-electron chi connectivity index (χ2n) is 4.40. The SMILES string of the molecule is Cc1cn(CCNC(=O)C[C@H]2COCCN2)nn1. The molecule has 18 heavy (non-hydrogen) atoms. The van der Waals surface area contributed by atoms with E-state index in [2.05, 4.69) is 20.9 Å². The molecule has 7 nitrogen and oxygen atoms in total. The Balaban J connectivity index is 1.62. The Labute approximate surface area is 106 Å². The number of hydrogen-bond acceptors (Lipinski definition) is 5. The monoisotopic (exact) mass is 253 g/mol. The molecule has 1 saturated heterocycles. The molecule has 2 rings (SSSR count). The Morgan fingerprint density at radius 1 is 1.72 bits per heavy atom. The number of nitrogens with zero attached hydrogens (tertiary/aromatic N) is 3. The van der Waals surface area contributed by atoms with E-state index in [-0.39, 0.29) is 11.9 Å². The number of carbonyl (C=O) groups is 1. The van der Waals surface area contributed by atoms with Gasteiger partial charge in [0.05, 0.1) is 25.5 Å². The van der Waals surface area contributed by atoms with E-state index < -0.39 is 0 Å². The highest BCUT2D eigenvalue weighted by Crippen LogP contribution is 1.98. The third-order valence-corrected chi connectivity index (χ3v) is 2.75. The molecule has 0 bridgehead atoms. The summed E-state index contributed by atoms with van der Waals surface area (Å²) in [6.45, 7) is 5.24. The first kappa shape index (κ1) is 13.0. The van der Waals surface area contributed by atoms with Crippen molar-refractivity contribution < 1.29 is 9.53 Å². The van der Waals surface area contributed by atoms with Crippen LogP contribution in [0.3, 0.4) is 0 Å². The highest BCUT2D eigenvalue weighted by molar-refractivity contribution is 5.76. The summed E-state index contributed by atoms with van der Waals surface area (Å²) in [5.41, 5.74) is 0.880. The predicted octanol–water partition coefficient (Wildman–Crippen LogP) is -0.919. The van der Waals surface area contributed by atoms with Crippen LogP contribution in [0.25, 0.3) is 0 Å². The lowest BCUT2D eigenvalue weighted by Gasteiger charge is -2.23. The standard InChI is InChI=1S/C11H19N5O2/c1-9-7-16(15-14-9)4-2-13-11(17)6-10-8-18-5-3-12-10/h7,10,12H,2-6,8H2,1H3,(H,13,17)/t10-/m0/s1. The van der Waals surface area contributed by atoms with Crippen LogP contribution in [0.2, 0.25) is 0 Å². The van der Waals surface area contributed by atoms with E-state index >= 15 is 0 Å². The molecule has 0 aliphatic carbocycles. The molecule has 1 amide bonds. The Kier molecular flexibility index (Phi) is 4.66. The maximum Gasteiger partial charge on any atom is 0.221 e. The molecule has 1 aromatic rings. The first-order valence-electron chi connectivity index (χ1n) is 6.18. The lowest BCUT2D eigenvalue weighted by Crippen LogP contribution is -2.44. The molecule has 1 fully saturated rings. The molecule has 7 heteroatoms. The van der Waals surface area contributed by atoms with Gasteiger partial charge in [0.2, 0.25) is 5.91 Å². The fraction of sp³-hybridized carbons (Fsp3) is 0.727. The van der Waals surface area contributed by atoms with Gasteiger partial charge in [-0.05, 0) is 6.92 Å². The molecule has 0 spiro atoms. The van der Waals surface area contributed by atoms with Gasteiger partial charge in [-0.1, -0.05) is 5.21 Å². The average molecular weight is 253 g/mol. The summed E-state index contributed by atoms with van der Waals surface area (Å²) in [7, 11) is 0. The largest absolute Gasteiger partial charge is 0.378 e. The zero-order valence-electron chi connectivity index (χ0n) is 10.6. The summed E-state index contributed by atoms with van der Waals surface area (Å²) in [6.07, 6.45) is 2.30. The van der Waals surface area contributed by atoms with Crippen molar-refractivity contribution in [1.29, 1.82) is 0 Å². The van der Waals surface area contributed by atoms with Crippen LogP contribution < -0.4 is 10.6 Å². The van der Waals surface area contributed by atoms with Crippen LogP contribution in [0, 0.1) is 6.92 Å². The zero-order valence-corrected chi connectivity index (χ0v) is 10.6. The summed E-state index contributed by atoms with van der Waals surface area (Å²) in [6, 6.07) is 0.132. The fourth-order valence-corrected chi connectivity index (χ4v) is 1.86. The molecule has 1 atom stereocenters. The molecule has 0 unspecified atom stereocenters. The Morgan fingerprint density at radius 3 is 3.28 bits per heavy atom. The van der Waals surface area contributed by atoms with Gasteiger partial charge in [0, 0.05) is 31.7 Å². The van der Waals surface area contributed by atoms with Crippen LogP contribution in [-0.4, -0.2) is 53.2 Å². The van der Waals surface area contributed by atoms with Crippen molar-refractivity contribution in [2.24, 2.45) is 0 Å². The molecule has 2 heterocycles. The number of morpholine rings is 1. The molecule has 1 aromatic heterocycles. The lowest BCUT2D eigenvalue weighted by molar-refractivity contribution is -0.122. The fourth-order valence-electron chi connectivity index (χ4n) is 1.86. The van der Waals surface area contributed by atoms with Gasteiger partial charge in [-0.25, -0.2) is 0 Å². The minimum absolute atomic E-state index is 0.0369. The van der Waals surface area contributed by atoms with Crippen molar-refractivity contribution in [2.75, 3.05) is 26.3 Å². The first-order chi connectivity index (χ1) is 8.74. The number of carbonyl (C=O) groups excluding carboxylic acids is 1. The van der Waals surface area contributed by atoms with Gasteiger partial charge >= 0.3 is 0 Å². The number of ether oxygens (including phenoxy) is 1. The number of rotatable bonds is 5. The number of aromatic nitrogens is 3. The van der Waals surface area contributed by atoms with Gasteiger partial charge in [-0.15, -0.1) is 5.10 Å². The van der Waals surface area contributed by atoms with Crippen LogP contribution in [0.15, 0.2) is 6.20 Å². The highest BCUT2D eigenvalue weighted by Gasteiger charge is 2.16. The molecule has 0 radical (unpaired) electrons. The van der Waals surface area contributed by atoms with E-state index in [1.54, 1.807) is 4.68 Å². The van der Waals surface area contributed by atoms with Crippen LogP contribution in [0.1, 0.15) is 12.1 Å². The minimum atomic E-state index is 0.0369. The number of nitrogens with one attached hydrogen (secondary N) is 2. The van der Waals surface area contributed by atoms with Crippen molar-refractivity contribution in [1.82, 2.24) is 25.6 Å². The molecule has 2 N–H and O–H groups in total. The van der Waals surface area contributed by atoms with E-state index in [9.17, 15) is 4.79 Å². The quantitative estimate of drug-likeness (QED) is 0.709. The Morgan fingerprint density at radius 2 is 2.61 bits per heavy atom. The normalized spacial score (nSPS) is 19.7. The Bertz CT molecular complexity index is 387. The minimum Gasteiger partial charge on any atom is -0.378 e. The van der Waals surface area contributed by atoms with Crippen LogP contribution in [0.5, 0.6) is 0 Å². The third kappa shape index (κ3) is 4.08. The molecule has 100 valence electrons. The summed E-state index contributed by atoms with van der Waals surface area (Å²) in [5.74, 6) is 0.0369. The van der Waals surface area contributed by atoms with Crippen LogP contribution in [0.4, 0.5) is 0 Å². The van der Waals surface area contributed by atoms with Gasteiger partial charge in [0.15, 0.2) is 0 Å². The van der Waals surface area contributed by atoms with E-state index in [1.807, 2.05) is 13.1 Å². The van der Waals surface area contributed by atoms with Crippen molar-refractivity contribution in [3.05, 3.63) is 11.9 Å². The molecular formula is C11H19N5O2. The van der Waals surface area contributed by atoms with E-state index in [4.69, 9.17) is 4.74 Å². The van der Waals surface area contributed by atoms with Crippen molar-refractivity contribution in [3.8, 4) is 0 Å². The molecule has 0 aromatic carbocycles. The molecular weight excluding hydrogens is 234 g/mol. The smallest absolute Gasteiger partial charge is 0.221 e. The van der Waals surface area contributed by atoms with Crippen molar-refractivity contribution in [2.45, 2.75) is 25.9 Å². The number of aryl methyl sites for hydroxylation is 1. The van der Waals surface area contributed by atoms with Gasteiger partial charge in [0.1, 0.15) is 0 Å². The lowest BCUT2D eigenvalue weighted by atomic mass is 10.2.